The van der Waals surface area contributed by atoms with Crippen molar-refractivity contribution >= 4 is 16.0 Å². The zero-order valence-corrected chi connectivity index (χ0v) is 32.2. The summed E-state index contributed by atoms with van der Waals surface area (Å²) >= 11 is 0. The Balaban J connectivity index is 4.00. The molecule has 0 saturated heterocycles. The van der Waals surface area contributed by atoms with Crippen LogP contribution in [-0.2, 0) is 14.9 Å². The van der Waals surface area contributed by atoms with Crippen LogP contribution in [0.15, 0.2) is 36.5 Å². The number of nitrogens with one attached hydrogen (secondary N) is 1. The minimum Gasteiger partial charge on any atom is -0.387 e. The third-order valence-corrected chi connectivity index (χ3v) is 9.82. The van der Waals surface area contributed by atoms with Crippen LogP contribution in [0.3, 0.4) is 0 Å². The van der Waals surface area contributed by atoms with Crippen molar-refractivity contribution in [3.63, 3.8) is 0 Å². The molecule has 0 aliphatic heterocycles. The van der Waals surface area contributed by atoms with E-state index in [9.17, 15) is 22.9 Å². The molecule has 0 aromatic rings. The highest BCUT2D eigenvalue weighted by Gasteiger charge is 2.24. The van der Waals surface area contributed by atoms with Crippen LogP contribution in [0.5, 0.6) is 0 Å². The largest absolute Gasteiger partial charge is 0.387 e. The number of rotatable bonds is 36. The van der Waals surface area contributed by atoms with E-state index < -0.39 is 28.0 Å². The molecule has 0 radical (unpaired) electrons. The first kappa shape index (κ1) is 46.6. The number of carbonyl (C=O) groups is 1. The van der Waals surface area contributed by atoms with Gasteiger partial charge < -0.3 is 10.4 Å². The van der Waals surface area contributed by atoms with Crippen molar-refractivity contribution in [2.45, 2.75) is 212 Å². The van der Waals surface area contributed by atoms with E-state index in [4.69, 9.17) is 0 Å². The molecule has 0 aliphatic rings. The Bertz CT molecular complexity index is 899. The van der Waals surface area contributed by atoms with Crippen LogP contribution in [0.1, 0.15) is 200 Å². The Labute approximate surface area is 297 Å². The highest BCUT2D eigenvalue weighted by Crippen LogP contribution is 2.13. The lowest BCUT2D eigenvalue weighted by atomic mass is 10.1. The summed E-state index contributed by atoms with van der Waals surface area (Å²) in [4.78, 5) is 12.5. The Kier molecular flexibility index (Phi) is 34.3. The lowest BCUT2D eigenvalue weighted by molar-refractivity contribution is -0.122. The molecule has 0 bridgehead atoms. The van der Waals surface area contributed by atoms with Gasteiger partial charge in [0.05, 0.1) is 17.9 Å². The van der Waals surface area contributed by atoms with Gasteiger partial charge in [0.2, 0.25) is 5.91 Å². The first-order valence-corrected chi connectivity index (χ1v) is 21.8. The molecule has 2 atom stereocenters. The first-order valence-electron chi connectivity index (χ1n) is 20.2. The number of allylic oxidation sites excluding steroid dienone is 5. The van der Waals surface area contributed by atoms with E-state index in [-0.39, 0.29) is 12.3 Å². The molecule has 0 spiro atoms. The van der Waals surface area contributed by atoms with Gasteiger partial charge in [-0.15, -0.1) is 0 Å². The zero-order valence-electron chi connectivity index (χ0n) is 31.4. The predicted octanol–water partition coefficient (Wildman–Crippen LogP) is 11.7. The topological polar surface area (TPSA) is 104 Å². The summed E-state index contributed by atoms with van der Waals surface area (Å²) in [6.07, 6.45) is 45.6. The fourth-order valence-electron chi connectivity index (χ4n) is 5.99. The van der Waals surface area contributed by atoms with Gasteiger partial charge in [0.25, 0.3) is 10.1 Å². The molecule has 6 nitrogen and oxygen atoms in total. The Hall–Kier alpha value is -1.44. The van der Waals surface area contributed by atoms with Crippen molar-refractivity contribution in [3.8, 4) is 0 Å². The zero-order chi connectivity index (χ0) is 35.4. The summed E-state index contributed by atoms with van der Waals surface area (Å²) in [6.45, 7) is 4.52. The normalized spacial score (nSPS) is 13.7. The quantitative estimate of drug-likeness (QED) is 0.0344. The van der Waals surface area contributed by atoms with E-state index >= 15 is 0 Å². The van der Waals surface area contributed by atoms with E-state index in [1.165, 1.54) is 128 Å². The third-order valence-electron chi connectivity index (χ3n) is 9.04. The number of unbranched alkanes of at least 4 members (excludes halogenated alkanes) is 24. The smallest absolute Gasteiger partial charge is 0.267 e. The lowest BCUT2D eigenvalue weighted by Gasteiger charge is -2.21. The Morgan fingerprint density at radius 1 is 0.542 bits per heavy atom. The minimum atomic E-state index is -4.35. The molecule has 0 rings (SSSR count). The standard InChI is InChI=1S/C41H77NO5S/c1-3-5-7-9-11-13-15-17-19-21-22-24-26-28-30-32-34-36-40(43)39(38-48(45,46)47)42-41(44)37-35-33-31-29-27-25-23-20-18-16-14-12-10-8-6-4-2/h20,23,26,28,34,36,39-40,43H,3-19,21-22,24-25,27,29-33,35,37-38H2,1-2H3,(H,42,44)(H,45,46,47)/b23-20-,28-26+,36-34+. The SMILES string of the molecule is CCCCCCCCC/C=C\CCCCCCCC(=O)NC(CS(=O)(=O)O)C(O)/C=C/CC/C=C/CCCCCCCCCCCCC. The molecule has 0 aliphatic carbocycles. The van der Waals surface area contributed by atoms with Gasteiger partial charge in [-0.1, -0.05) is 172 Å². The van der Waals surface area contributed by atoms with Crippen LogP contribution < -0.4 is 5.32 Å². The number of carbonyl (C=O) groups excluding carboxylic acids is 1. The second-order valence-electron chi connectivity index (χ2n) is 13.9. The Morgan fingerprint density at radius 3 is 1.31 bits per heavy atom. The molecule has 0 aromatic heterocycles. The molecule has 3 N–H and O–H groups in total. The van der Waals surface area contributed by atoms with Crippen molar-refractivity contribution in [1.29, 1.82) is 0 Å². The number of hydrogen-bond acceptors (Lipinski definition) is 4. The van der Waals surface area contributed by atoms with Crippen molar-refractivity contribution in [2.24, 2.45) is 0 Å². The van der Waals surface area contributed by atoms with Gasteiger partial charge in [0.15, 0.2) is 0 Å². The maximum atomic E-state index is 12.5. The van der Waals surface area contributed by atoms with E-state index in [0.29, 0.717) is 6.42 Å². The molecular formula is C41H77NO5S. The molecule has 2 unspecified atom stereocenters. The van der Waals surface area contributed by atoms with Crippen LogP contribution in [0.25, 0.3) is 0 Å². The van der Waals surface area contributed by atoms with Gasteiger partial charge in [-0.25, -0.2) is 0 Å². The minimum absolute atomic E-state index is 0.278. The van der Waals surface area contributed by atoms with Gasteiger partial charge >= 0.3 is 0 Å². The average Bonchev–Trinajstić information content (AvgIpc) is 3.05. The summed E-state index contributed by atoms with van der Waals surface area (Å²) in [7, 11) is -4.35. The van der Waals surface area contributed by atoms with E-state index in [0.717, 1.165) is 51.4 Å². The average molecular weight is 696 g/mol. The van der Waals surface area contributed by atoms with Crippen molar-refractivity contribution in [3.05, 3.63) is 36.5 Å². The summed E-state index contributed by atoms with van der Waals surface area (Å²) in [6, 6.07) is -1.08. The van der Waals surface area contributed by atoms with Gasteiger partial charge in [-0.2, -0.15) is 8.42 Å². The van der Waals surface area contributed by atoms with E-state index in [2.05, 4.69) is 43.5 Å². The van der Waals surface area contributed by atoms with Crippen molar-refractivity contribution < 1.29 is 22.9 Å². The predicted molar refractivity (Wildman–Crippen MR) is 207 cm³/mol. The molecule has 1 amide bonds. The number of hydrogen-bond donors (Lipinski definition) is 3. The van der Waals surface area contributed by atoms with Gasteiger partial charge in [-0.3, -0.25) is 9.35 Å². The molecule has 0 aromatic carbocycles. The summed E-state index contributed by atoms with van der Waals surface area (Å²) in [5.74, 6) is -1.01. The molecule has 0 heterocycles. The summed E-state index contributed by atoms with van der Waals surface area (Å²) < 4.78 is 32.4. The van der Waals surface area contributed by atoms with Gasteiger partial charge in [0, 0.05) is 6.42 Å². The number of aliphatic hydroxyl groups is 1. The van der Waals surface area contributed by atoms with E-state index in [1.807, 2.05) is 6.08 Å². The fourth-order valence-corrected chi connectivity index (χ4v) is 6.72. The van der Waals surface area contributed by atoms with Crippen LogP contribution >= 0.6 is 0 Å². The highest BCUT2D eigenvalue weighted by molar-refractivity contribution is 7.85. The second-order valence-corrected chi connectivity index (χ2v) is 15.4. The Morgan fingerprint density at radius 2 is 0.896 bits per heavy atom. The second kappa shape index (κ2) is 35.4. The summed E-state index contributed by atoms with van der Waals surface area (Å²) in [5.41, 5.74) is 0. The number of amides is 1. The fraction of sp³-hybridized carbons (Fsp3) is 0.829. The maximum Gasteiger partial charge on any atom is 0.267 e. The third kappa shape index (κ3) is 35.9. The first-order chi connectivity index (χ1) is 23.3. The maximum absolute atomic E-state index is 12.5. The molecular weight excluding hydrogens is 619 g/mol. The van der Waals surface area contributed by atoms with Gasteiger partial charge in [-0.05, 0) is 57.8 Å². The molecule has 7 heteroatoms. The van der Waals surface area contributed by atoms with Crippen LogP contribution in [-0.4, -0.2) is 41.9 Å². The number of aliphatic hydroxyl groups excluding tert-OH is 1. The van der Waals surface area contributed by atoms with Crippen molar-refractivity contribution in [2.75, 3.05) is 5.75 Å². The van der Waals surface area contributed by atoms with Crippen LogP contribution in [0, 0.1) is 0 Å². The van der Waals surface area contributed by atoms with E-state index in [1.54, 1.807) is 0 Å². The van der Waals surface area contributed by atoms with Gasteiger partial charge in [0.1, 0.15) is 0 Å². The molecule has 0 fully saturated rings. The van der Waals surface area contributed by atoms with Crippen LogP contribution in [0.4, 0.5) is 0 Å². The monoisotopic (exact) mass is 696 g/mol. The molecule has 0 saturated carbocycles. The van der Waals surface area contributed by atoms with Crippen LogP contribution in [0.2, 0.25) is 0 Å². The highest BCUT2D eigenvalue weighted by atomic mass is 32.2. The molecule has 48 heavy (non-hydrogen) atoms. The summed E-state index contributed by atoms with van der Waals surface area (Å²) in [5, 5.41) is 13.2. The van der Waals surface area contributed by atoms with Crippen molar-refractivity contribution in [1.82, 2.24) is 5.32 Å². The lowest BCUT2D eigenvalue weighted by Crippen LogP contribution is -2.46. The molecule has 282 valence electrons.